The summed E-state index contributed by atoms with van der Waals surface area (Å²) in [5.74, 6) is 3.23. The highest BCUT2D eigenvalue weighted by Gasteiger charge is 2.20. The van der Waals surface area contributed by atoms with Crippen molar-refractivity contribution in [1.29, 1.82) is 0 Å². The predicted octanol–water partition coefficient (Wildman–Crippen LogP) is 3.70. The van der Waals surface area contributed by atoms with Crippen LogP contribution < -0.4 is 4.74 Å². The Balaban J connectivity index is 1.69. The summed E-state index contributed by atoms with van der Waals surface area (Å²) in [4.78, 5) is 2.55. The van der Waals surface area contributed by atoms with Gasteiger partial charge in [-0.05, 0) is 56.8 Å². The first-order valence-corrected chi connectivity index (χ1v) is 7.34. The maximum atomic E-state index is 5.89. The van der Waals surface area contributed by atoms with Crippen LogP contribution in [0.15, 0.2) is 24.3 Å². The molecule has 0 spiro atoms. The van der Waals surface area contributed by atoms with Crippen molar-refractivity contribution in [2.45, 2.75) is 33.6 Å². The van der Waals surface area contributed by atoms with Gasteiger partial charge in [0.25, 0.3) is 0 Å². The molecule has 1 aromatic rings. The molecule has 0 atom stereocenters. The van der Waals surface area contributed by atoms with Gasteiger partial charge in [-0.3, -0.25) is 0 Å². The Bertz CT molecular complexity index is 363. The largest absolute Gasteiger partial charge is 0.493 e. The summed E-state index contributed by atoms with van der Waals surface area (Å²) in [7, 11) is 0. The quantitative estimate of drug-likeness (QED) is 0.800. The van der Waals surface area contributed by atoms with Crippen molar-refractivity contribution in [3.8, 4) is 5.75 Å². The van der Waals surface area contributed by atoms with Gasteiger partial charge in [0, 0.05) is 6.54 Å². The van der Waals surface area contributed by atoms with Gasteiger partial charge in [-0.25, -0.2) is 0 Å². The molecule has 1 heterocycles. The van der Waals surface area contributed by atoms with Crippen molar-refractivity contribution < 1.29 is 4.74 Å². The third kappa shape index (κ3) is 4.87. The third-order valence-corrected chi connectivity index (χ3v) is 3.75. The Hall–Kier alpha value is -1.02. The molecule has 1 saturated heterocycles. The molecule has 2 heteroatoms. The number of hydrogen-bond acceptors (Lipinski definition) is 2. The van der Waals surface area contributed by atoms with Crippen LogP contribution in [-0.2, 0) is 0 Å². The van der Waals surface area contributed by atoms with E-state index in [1.54, 1.807) is 0 Å². The lowest BCUT2D eigenvalue weighted by atomic mass is 9.97. The smallest absolute Gasteiger partial charge is 0.119 e. The Morgan fingerprint density at radius 3 is 2.37 bits per heavy atom. The third-order valence-electron chi connectivity index (χ3n) is 3.75. The standard InChI is InChI=1S/C17H26NO/c1-14(2)12-18-10-8-16(9-11-18)13-19-17-6-4-15(3)5-7-17/h4-7,16H,8-13H2,1-3H3. The molecule has 0 N–H and O–H groups in total. The number of piperidine rings is 1. The van der Waals surface area contributed by atoms with Crippen LogP contribution in [0.4, 0.5) is 0 Å². The summed E-state index contributed by atoms with van der Waals surface area (Å²) >= 11 is 0. The van der Waals surface area contributed by atoms with Gasteiger partial charge in [0.05, 0.1) is 6.61 Å². The van der Waals surface area contributed by atoms with Crippen molar-refractivity contribution in [3.63, 3.8) is 0 Å². The van der Waals surface area contributed by atoms with Gasteiger partial charge >= 0.3 is 0 Å². The van der Waals surface area contributed by atoms with Crippen molar-refractivity contribution in [2.75, 3.05) is 26.2 Å². The molecule has 0 amide bonds. The van der Waals surface area contributed by atoms with Crippen LogP contribution in [0.1, 0.15) is 32.3 Å². The van der Waals surface area contributed by atoms with Gasteiger partial charge in [0.2, 0.25) is 0 Å². The van der Waals surface area contributed by atoms with E-state index in [-0.39, 0.29) is 0 Å². The minimum absolute atomic E-state index is 0.717. The molecule has 2 nitrogen and oxygen atoms in total. The number of benzene rings is 1. The van der Waals surface area contributed by atoms with Gasteiger partial charge in [0.15, 0.2) is 0 Å². The van der Waals surface area contributed by atoms with Crippen LogP contribution in [0.25, 0.3) is 0 Å². The lowest BCUT2D eigenvalue weighted by Gasteiger charge is -2.32. The van der Waals surface area contributed by atoms with E-state index in [2.05, 4.69) is 49.9 Å². The van der Waals surface area contributed by atoms with Crippen molar-refractivity contribution in [1.82, 2.24) is 4.90 Å². The molecular weight excluding hydrogens is 234 g/mol. The maximum absolute atomic E-state index is 5.89. The van der Waals surface area contributed by atoms with Gasteiger partial charge < -0.3 is 9.64 Å². The van der Waals surface area contributed by atoms with Crippen molar-refractivity contribution in [3.05, 3.63) is 35.7 Å². The van der Waals surface area contributed by atoms with Gasteiger partial charge in [-0.1, -0.05) is 31.5 Å². The number of rotatable bonds is 5. The highest BCUT2D eigenvalue weighted by Crippen LogP contribution is 2.20. The average Bonchev–Trinajstić information content (AvgIpc) is 2.39. The normalized spacial score (nSPS) is 17.9. The second kappa shape index (κ2) is 6.95. The molecule has 1 radical (unpaired) electrons. The molecule has 1 aromatic carbocycles. The zero-order valence-corrected chi connectivity index (χ0v) is 12.5. The Labute approximate surface area is 117 Å². The Morgan fingerprint density at radius 2 is 1.79 bits per heavy atom. The molecule has 1 aliphatic rings. The van der Waals surface area contributed by atoms with E-state index in [1.807, 2.05) is 0 Å². The maximum Gasteiger partial charge on any atom is 0.119 e. The number of nitrogens with zero attached hydrogens (tertiary/aromatic N) is 1. The molecule has 0 saturated carbocycles. The zero-order valence-electron chi connectivity index (χ0n) is 12.5. The second-order valence-electron chi connectivity index (χ2n) is 6.05. The van der Waals surface area contributed by atoms with Crippen molar-refractivity contribution in [2.24, 2.45) is 5.92 Å². The van der Waals surface area contributed by atoms with Crippen LogP contribution in [0.3, 0.4) is 0 Å². The molecule has 0 unspecified atom stereocenters. The Kier molecular flexibility index (Phi) is 5.26. The molecule has 0 bridgehead atoms. The van der Waals surface area contributed by atoms with E-state index in [0.717, 1.165) is 24.8 Å². The molecule has 105 valence electrons. The summed E-state index contributed by atoms with van der Waals surface area (Å²) in [6.07, 6.45) is 2.53. The highest BCUT2D eigenvalue weighted by molar-refractivity contribution is 5.26. The summed E-state index contributed by atoms with van der Waals surface area (Å²) in [5, 5.41) is 0. The lowest BCUT2D eigenvalue weighted by Crippen LogP contribution is -2.37. The fourth-order valence-corrected chi connectivity index (χ4v) is 2.61. The Morgan fingerprint density at radius 1 is 1.16 bits per heavy atom. The van der Waals surface area contributed by atoms with Gasteiger partial charge in [-0.2, -0.15) is 0 Å². The molecule has 1 fully saturated rings. The predicted molar refractivity (Wildman–Crippen MR) is 80.4 cm³/mol. The summed E-state index contributed by atoms with van der Waals surface area (Å²) < 4.78 is 5.89. The van der Waals surface area contributed by atoms with E-state index in [1.165, 1.54) is 37.4 Å². The van der Waals surface area contributed by atoms with E-state index < -0.39 is 0 Å². The highest BCUT2D eigenvalue weighted by atomic mass is 16.5. The van der Waals surface area contributed by atoms with Crippen LogP contribution >= 0.6 is 0 Å². The molecule has 0 aromatic heterocycles. The topological polar surface area (TPSA) is 12.5 Å². The lowest BCUT2D eigenvalue weighted by molar-refractivity contribution is 0.145. The molecule has 2 rings (SSSR count). The fraction of sp³-hybridized carbons (Fsp3) is 0.588. The first-order chi connectivity index (χ1) is 9.13. The first-order valence-electron chi connectivity index (χ1n) is 7.34. The molecule has 1 aliphatic heterocycles. The molecule has 19 heavy (non-hydrogen) atoms. The van der Waals surface area contributed by atoms with Gasteiger partial charge in [-0.15, -0.1) is 0 Å². The van der Waals surface area contributed by atoms with Gasteiger partial charge in [0.1, 0.15) is 5.75 Å². The summed E-state index contributed by atoms with van der Waals surface area (Å²) in [6.45, 7) is 11.0. The van der Waals surface area contributed by atoms with Crippen LogP contribution in [0, 0.1) is 18.8 Å². The monoisotopic (exact) mass is 260 g/mol. The second-order valence-corrected chi connectivity index (χ2v) is 6.05. The molecule has 0 aliphatic carbocycles. The first kappa shape index (κ1) is 14.4. The number of likely N-dealkylation sites (tertiary alicyclic amines) is 1. The summed E-state index contributed by atoms with van der Waals surface area (Å²) in [6, 6.07) is 8.36. The number of ether oxygens (including phenoxy) is 1. The number of hydrogen-bond donors (Lipinski definition) is 0. The minimum atomic E-state index is 0.717. The van der Waals surface area contributed by atoms with E-state index >= 15 is 0 Å². The average molecular weight is 260 g/mol. The molecular formula is C17H26NO. The van der Waals surface area contributed by atoms with Crippen LogP contribution in [0.5, 0.6) is 5.75 Å². The number of aryl methyl sites for hydroxylation is 1. The fourth-order valence-electron chi connectivity index (χ4n) is 2.61. The van der Waals surface area contributed by atoms with E-state index in [0.29, 0.717) is 0 Å². The van der Waals surface area contributed by atoms with Crippen LogP contribution in [-0.4, -0.2) is 31.1 Å². The zero-order chi connectivity index (χ0) is 13.7. The van der Waals surface area contributed by atoms with E-state index in [9.17, 15) is 0 Å². The summed E-state index contributed by atoms with van der Waals surface area (Å²) in [5.41, 5.74) is 1.28. The SMILES string of the molecule is C[C](C)CN1CCC(COc2ccc(C)cc2)CC1. The van der Waals surface area contributed by atoms with Crippen LogP contribution in [0.2, 0.25) is 0 Å². The van der Waals surface area contributed by atoms with Crippen molar-refractivity contribution >= 4 is 0 Å². The minimum Gasteiger partial charge on any atom is -0.493 e. The van der Waals surface area contributed by atoms with E-state index in [4.69, 9.17) is 4.74 Å².